The van der Waals surface area contributed by atoms with Gasteiger partial charge in [-0.25, -0.2) is 0 Å². The first kappa shape index (κ1) is 19.0. The van der Waals surface area contributed by atoms with Crippen LogP contribution in [0.25, 0.3) is 0 Å². The van der Waals surface area contributed by atoms with Crippen molar-refractivity contribution in [3.63, 3.8) is 0 Å². The summed E-state index contributed by atoms with van der Waals surface area (Å²) in [5.74, 6) is 0.269. The van der Waals surface area contributed by atoms with E-state index in [1.165, 1.54) is 25.7 Å². The van der Waals surface area contributed by atoms with E-state index in [1.54, 1.807) is 0 Å². The lowest BCUT2D eigenvalue weighted by atomic mass is 9.89. The Morgan fingerprint density at radius 1 is 1.08 bits per heavy atom. The maximum absolute atomic E-state index is 12.5. The van der Waals surface area contributed by atoms with Gasteiger partial charge in [0.25, 0.3) is 0 Å². The molecular formula is C21H32O3. The fourth-order valence-corrected chi connectivity index (χ4v) is 3.75. The summed E-state index contributed by atoms with van der Waals surface area (Å²) in [6, 6.07) is 10.2. The summed E-state index contributed by atoms with van der Waals surface area (Å²) in [4.78, 5) is 12.5. The Morgan fingerprint density at radius 3 is 2.58 bits per heavy atom. The molecule has 0 heterocycles. The molecule has 0 bridgehead atoms. The smallest absolute Gasteiger partial charge is 0.311 e. The van der Waals surface area contributed by atoms with E-state index in [1.807, 2.05) is 25.1 Å². The lowest BCUT2D eigenvalue weighted by Crippen LogP contribution is -2.31. The minimum absolute atomic E-state index is 0.000399. The van der Waals surface area contributed by atoms with Crippen molar-refractivity contribution in [2.75, 3.05) is 6.61 Å². The third-order valence-electron chi connectivity index (χ3n) is 5.02. The highest BCUT2D eigenvalue weighted by Crippen LogP contribution is 2.38. The van der Waals surface area contributed by atoms with Gasteiger partial charge in [0.05, 0.1) is 25.2 Å². The zero-order chi connectivity index (χ0) is 17.2. The molecule has 0 spiro atoms. The van der Waals surface area contributed by atoms with Crippen molar-refractivity contribution in [2.45, 2.75) is 71.5 Å². The zero-order valence-corrected chi connectivity index (χ0v) is 15.2. The number of benzene rings is 1. The highest BCUT2D eigenvalue weighted by Gasteiger charge is 2.42. The summed E-state index contributed by atoms with van der Waals surface area (Å²) in [7, 11) is 0. The number of hydrogen-bond donors (Lipinski definition) is 0. The Labute approximate surface area is 146 Å². The van der Waals surface area contributed by atoms with Crippen LogP contribution >= 0.6 is 0 Å². The molecular weight excluding hydrogens is 300 g/mol. The van der Waals surface area contributed by atoms with Gasteiger partial charge in [-0.1, -0.05) is 62.9 Å². The molecule has 1 saturated carbocycles. The van der Waals surface area contributed by atoms with Crippen molar-refractivity contribution >= 4 is 5.97 Å². The minimum atomic E-state index is -0.0877. The van der Waals surface area contributed by atoms with Crippen LogP contribution < -0.4 is 0 Å². The van der Waals surface area contributed by atoms with Crippen LogP contribution in [-0.2, 0) is 20.9 Å². The van der Waals surface area contributed by atoms with Crippen molar-refractivity contribution in [2.24, 2.45) is 11.8 Å². The number of carbonyl (C=O) groups excluding carboxylic acids is 1. The molecule has 0 radical (unpaired) electrons. The molecule has 1 aliphatic rings. The number of esters is 1. The Balaban J connectivity index is 1.91. The van der Waals surface area contributed by atoms with Crippen LogP contribution in [0.5, 0.6) is 0 Å². The van der Waals surface area contributed by atoms with E-state index < -0.39 is 0 Å². The van der Waals surface area contributed by atoms with E-state index in [-0.39, 0.29) is 18.0 Å². The normalized spacial score (nSPS) is 23.3. The topological polar surface area (TPSA) is 35.5 Å². The molecule has 24 heavy (non-hydrogen) atoms. The van der Waals surface area contributed by atoms with E-state index in [9.17, 15) is 4.79 Å². The first-order valence-electron chi connectivity index (χ1n) is 9.58. The predicted octanol–water partition coefficient (Wildman–Crippen LogP) is 5.13. The number of unbranched alkanes of at least 4 members (excludes halogenated alkanes) is 3. The predicted molar refractivity (Wildman–Crippen MR) is 96.6 cm³/mol. The Bertz CT molecular complexity index is 471. The minimum Gasteiger partial charge on any atom is -0.466 e. The van der Waals surface area contributed by atoms with E-state index >= 15 is 0 Å². The van der Waals surface area contributed by atoms with Crippen molar-refractivity contribution in [3.8, 4) is 0 Å². The largest absolute Gasteiger partial charge is 0.466 e. The second-order valence-electron chi connectivity index (χ2n) is 6.80. The van der Waals surface area contributed by atoms with Crippen LogP contribution in [0.2, 0.25) is 0 Å². The third kappa shape index (κ3) is 5.62. The zero-order valence-electron chi connectivity index (χ0n) is 15.2. The van der Waals surface area contributed by atoms with Gasteiger partial charge < -0.3 is 9.47 Å². The number of carbonyl (C=O) groups is 1. The van der Waals surface area contributed by atoms with E-state index in [0.717, 1.165) is 24.8 Å². The summed E-state index contributed by atoms with van der Waals surface area (Å²) >= 11 is 0. The molecule has 2 rings (SSSR count). The SMILES string of the molecule is CCCCCC[C@H]1CC[C@H](OCc2ccccc2)[C@@H]1C(=O)OCC. The molecule has 0 aromatic heterocycles. The fraction of sp³-hybridized carbons (Fsp3) is 0.667. The number of rotatable bonds is 10. The molecule has 0 N–H and O–H groups in total. The van der Waals surface area contributed by atoms with Gasteiger partial charge in [0.1, 0.15) is 0 Å². The standard InChI is InChI=1S/C21H32O3/c1-3-5-6-10-13-18-14-15-19(20(18)21(22)23-4-2)24-16-17-11-8-7-9-12-17/h7-9,11-12,18-20H,3-6,10,13-16H2,1-2H3/t18-,19-,20+/m0/s1. The maximum atomic E-state index is 12.5. The maximum Gasteiger partial charge on any atom is 0.311 e. The highest BCUT2D eigenvalue weighted by molar-refractivity contribution is 5.74. The lowest BCUT2D eigenvalue weighted by Gasteiger charge is -2.23. The first-order valence-corrected chi connectivity index (χ1v) is 9.58. The first-order chi connectivity index (χ1) is 11.8. The molecule has 1 aromatic rings. The van der Waals surface area contributed by atoms with Crippen LogP contribution in [0.4, 0.5) is 0 Å². The van der Waals surface area contributed by atoms with Gasteiger partial charge in [-0.2, -0.15) is 0 Å². The molecule has 1 aliphatic carbocycles. The average Bonchev–Trinajstić information content (AvgIpc) is 3.01. The summed E-state index contributed by atoms with van der Waals surface area (Å²) in [6.07, 6.45) is 8.16. The van der Waals surface area contributed by atoms with Gasteiger partial charge in [-0.15, -0.1) is 0 Å². The van der Waals surface area contributed by atoms with E-state index in [2.05, 4.69) is 19.1 Å². The summed E-state index contributed by atoms with van der Waals surface area (Å²) in [6.45, 7) is 5.13. The van der Waals surface area contributed by atoms with Gasteiger partial charge in [-0.3, -0.25) is 4.79 Å². The second kappa shape index (κ2) is 10.5. The fourth-order valence-electron chi connectivity index (χ4n) is 3.75. The molecule has 134 valence electrons. The third-order valence-corrected chi connectivity index (χ3v) is 5.02. The lowest BCUT2D eigenvalue weighted by molar-refractivity contribution is -0.154. The summed E-state index contributed by atoms with van der Waals surface area (Å²) in [5.41, 5.74) is 1.16. The van der Waals surface area contributed by atoms with Gasteiger partial charge in [0.2, 0.25) is 0 Å². The van der Waals surface area contributed by atoms with Crippen molar-refractivity contribution in [1.29, 1.82) is 0 Å². The van der Waals surface area contributed by atoms with Gasteiger partial charge in [-0.05, 0) is 37.7 Å². The van der Waals surface area contributed by atoms with E-state index in [0.29, 0.717) is 19.1 Å². The molecule has 3 nitrogen and oxygen atoms in total. The quantitative estimate of drug-likeness (QED) is 0.440. The molecule has 0 unspecified atom stereocenters. The molecule has 3 heteroatoms. The molecule has 1 aromatic carbocycles. The van der Waals surface area contributed by atoms with Crippen LogP contribution in [0.1, 0.15) is 64.4 Å². The van der Waals surface area contributed by atoms with Crippen molar-refractivity contribution in [1.82, 2.24) is 0 Å². The van der Waals surface area contributed by atoms with Crippen LogP contribution in [0.15, 0.2) is 30.3 Å². The van der Waals surface area contributed by atoms with Crippen LogP contribution in [0.3, 0.4) is 0 Å². The van der Waals surface area contributed by atoms with Crippen LogP contribution in [0, 0.1) is 11.8 Å². The molecule has 0 saturated heterocycles. The van der Waals surface area contributed by atoms with Crippen LogP contribution in [-0.4, -0.2) is 18.7 Å². The van der Waals surface area contributed by atoms with Gasteiger partial charge in [0.15, 0.2) is 0 Å². The number of ether oxygens (including phenoxy) is 2. The molecule has 0 aliphatic heterocycles. The molecule has 0 amide bonds. The Kier molecular flexibility index (Phi) is 8.31. The van der Waals surface area contributed by atoms with Crippen molar-refractivity contribution < 1.29 is 14.3 Å². The monoisotopic (exact) mass is 332 g/mol. The van der Waals surface area contributed by atoms with E-state index in [4.69, 9.17) is 9.47 Å². The second-order valence-corrected chi connectivity index (χ2v) is 6.80. The Morgan fingerprint density at radius 2 is 1.88 bits per heavy atom. The van der Waals surface area contributed by atoms with Gasteiger partial charge >= 0.3 is 5.97 Å². The Hall–Kier alpha value is -1.35. The highest BCUT2D eigenvalue weighted by atomic mass is 16.5. The molecule has 3 atom stereocenters. The van der Waals surface area contributed by atoms with Crippen molar-refractivity contribution in [3.05, 3.63) is 35.9 Å². The summed E-state index contributed by atoms with van der Waals surface area (Å²) < 4.78 is 11.5. The summed E-state index contributed by atoms with van der Waals surface area (Å²) in [5, 5.41) is 0. The average molecular weight is 332 g/mol. The molecule has 1 fully saturated rings. The number of hydrogen-bond acceptors (Lipinski definition) is 3. The van der Waals surface area contributed by atoms with Gasteiger partial charge in [0, 0.05) is 0 Å².